The van der Waals surface area contributed by atoms with Crippen LogP contribution in [0.1, 0.15) is 56.6 Å². The molecule has 2 bridgehead atoms. The second-order valence-corrected chi connectivity index (χ2v) is 13.5. The number of amides is 3. The highest BCUT2D eigenvalue weighted by molar-refractivity contribution is 6.04. The highest BCUT2D eigenvalue weighted by Gasteiger charge is 2.75. The van der Waals surface area contributed by atoms with Crippen LogP contribution in [0.3, 0.4) is 0 Å². The third-order valence-electron chi connectivity index (χ3n) is 10.3. The first kappa shape index (κ1) is 38.7. The zero-order valence-corrected chi connectivity index (χ0v) is 30.1. The molecule has 52 heavy (non-hydrogen) atoms. The van der Waals surface area contributed by atoms with E-state index in [0.29, 0.717) is 55.5 Å². The lowest BCUT2D eigenvalue weighted by molar-refractivity contribution is -0.163. The Morgan fingerprint density at radius 3 is 2.48 bits per heavy atom. The number of nitrogens with zero attached hydrogens (tertiary/aromatic N) is 2. The normalized spacial score (nSPS) is 24.1. The Balaban J connectivity index is 1.48. The van der Waals surface area contributed by atoms with Gasteiger partial charge in [0.1, 0.15) is 23.5 Å². The number of aliphatic hydroxyl groups excluding tert-OH is 1. The summed E-state index contributed by atoms with van der Waals surface area (Å²) in [6, 6.07) is 14.5. The molecule has 3 fully saturated rings. The average Bonchev–Trinajstić information content (AvgIpc) is 3.81. The van der Waals surface area contributed by atoms with E-state index in [0.717, 1.165) is 0 Å². The number of methoxy groups -OCH3 is 2. The van der Waals surface area contributed by atoms with Gasteiger partial charge in [-0.25, -0.2) is 0 Å². The molecule has 3 saturated heterocycles. The number of benzene rings is 2. The van der Waals surface area contributed by atoms with Gasteiger partial charge in [-0.05, 0) is 68.4 Å². The van der Waals surface area contributed by atoms with Crippen molar-refractivity contribution >= 4 is 29.4 Å². The van der Waals surface area contributed by atoms with Gasteiger partial charge in [-0.2, -0.15) is 0 Å². The minimum absolute atomic E-state index is 0.0213. The number of esters is 1. The van der Waals surface area contributed by atoms with E-state index < -0.39 is 47.7 Å². The number of hydrogen-bond donors (Lipinski definition) is 2. The molecule has 0 radical (unpaired) electrons. The monoisotopic (exact) mass is 717 g/mol. The van der Waals surface area contributed by atoms with E-state index >= 15 is 0 Å². The highest BCUT2D eigenvalue weighted by atomic mass is 16.6. The van der Waals surface area contributed by atoms with Gasteiger partial charge in [-0.15, -0.1) is 13.2 Å². The van der Waals surface area contributed by atoms with E-state index in [1.54, 1.807) is 53.3 Å². The Morgan fingerprint density at radius 2 is 1.83 bits per heavy atom. The van der Waals surface area contributed by atoms with Crippen molar-refractivity contribution in [2.45, 2.75) is 74.8 Å². The third kappa shape index (κ3) is 7.94. The summed E-state index contributed by atoms with van der Waals surface area (Å²) in [5.74, 6) is -2.83. The molecule has 5 rings (SSSR count). The second-order valence-electron chi connectivity index (χ2n) is 13.5. The molecule has 3 aliphatic rings. The predicted octanol–water partition coefficient (Wildman–Crippen LogP) is 4.13. The molecule has 0 aromatic heterocycles. The van der Waals surface area contributed by atoms with Crippen LogP contribution in [0, 0.1) is 11.8 Å². The molecule has 2 aromatic rings. The van der Waals surface area contributed by atoms with Crippen LogP contribution >= 0.6 is 0 Å². The van der Waals surface area contributed by atoms with Gasteiger partial charge in [0.15, 0.2) is 0 Å². The number of allylic oxidation sites excluding steroid dienone is 1. The molecule has 0 aliphatic carbocycles. The second kappa shape index (κ2) is 17.8. The molecule has 0 unspecified atom stereocenters. The van der Waals surface area contributed by atoms with Crippen LogP contribution in [-0.2, 0) is 33.4 Å². The van der Waals surface area contributed by atoms with E-state index in [1.165, 1.54) is 7.11 Å². The molecular weight excluding hydrogens is 666 g/mol. The lowest BCUT2D eigenvalue weighted by atomic mass is 9.70. The fourth-order valence-electron chi connectivity index (χ4n) is 8.00. The van der Waals surface area contributed by atoms with Crippen LogP contribution < -0.4 is 15.0 Å². The fourth-order valence-corrected chi connectivity index (χ4v) is 8.00. The number of hydrogen-bond acceptors (Lipinski definition) is 9. The van der Waals surface area contributed by atoms with Crippen LogP contribution in [0.2, 0.25) is 0 Å². The number of carbonyl (C=O) groups excluding carboxylic acids is 4. The summed E-state index contributed by atoms with van der Waals surface area (Å²) in [5.41, 5.74) is 0.00157. The van der Waals surface area contributed by atoms with Crippen molar-refractivity contribution in [1.82, 2.24) is 10.2 Å². The topological polar surface area (TPSA) is 144 Å². The molecule has 280 valence electrons. The summed E-state index contributed by atoms with van der Waals surface area (Å²) >= 11 is 0. The standard InChI is InChI=1S/C40H51N3O9/c1-5-7-16-32(45)41-30(26-49-3)35(27-14-10-8-11-15-27)51-39(48)33-31-21-22-40(52-31)34(33)37(46)43(24-12-9-13-25-44)36(40)38(47)42(23-6-2)28-17-19-29(50-4)20-18-28/h5-6,8,10-11,14-15,17-20,30-31,33-36,44H,1-2,7,9,12-13,16,21-26H2,3-4H3,(H,41,45)/t30-,31-,33+,34+,35-,36-,40+/m0/s1. The van der Waals surface area contributed by atoms with Crippen molar-refractivity contribution in [2.75, 3.05) is 45.4 Å². The van der Waals surface area contributed by atoms with Gasteiger partial charge >= 0.3 is 5.97 Å². The van der Waals surface area contributed by atoms with E-state index in [9.17, 15) is 24.3 Å². The SMILES string of the molecule is C=CCCC(=O)N[C@@H](COC)[C@@H](OC(=O)[C@@H]1[C@@H]2CC[C@]3(O2)[C@H](C(=O)N(CC=C)c2ccc(OC)cc2)N(CCCCCO)C(=O)[C@@H]13)c1ccccc1. The Hall–Kier alpha value is -4.52. The van der Waals surface area contributed by atoms with Gasteiger partial charge in [0.05, 0.1) is 37.7 Å². The van der Waals surface area contributed by atoms with E-state index in [4.69, 9.17) is 18.9 Å². The van der Waals surface area contributed by atoms with Gasteiger partial charge in [-0.1, -0.05) is 42.5 Å². The zero-order valence-electron chi connectivity index (χ0n) is 30.1. The molecule has 3 heterocycles. The maximum absolute atomic E-state index is 14.8. The largest absolute Gasteiger partial charge is 0.497 e. The number of likely N-dealkylation sites (tertiary alicyclic amines) is 1. The molecule has 7 atom stereocenters. The number of aliphatic hydroxyl groups is 1. The summed E-state index contributed by atoms with van der Waals surface area (Å²) in [6.45, 7) is 8.09. The number of nitrogens with one attached hydrogen (secondary N) is 1. The van der Waals surface area contributed by atoms with Crippen molar-refractivity contribution in [3.05, 3.63) is 85.5 Å². The Bertz CT molecular complexity index is 1570. The quantitative estimate of drug-likeness (QED) is 0.117. The lowest BCUT2D eigenvalue weighted by Gasteiger charge is -2.37. The minimum Gasteiger partial charge on any atom is -0.497 e. The summed E-state index contributed by atoms with van der Waals surface area (Å²) in [6.07, 6.45) is 5.05. The molecule has 1 spiro atoms. The van der Waals surface area contributed by atoms with Crippen molar-refractivity contribution < 1.29 is 43.2 Å². The van der Waals surface area contributed by atoms with Gasteiger partial charge < -0.3 is 39.2 Å². The summed E-state index contributed by atoms with van der Waals surface area (Å²) in [4.78, 5) is 59.9. The Morgan fingerprint density at radius 1 is 1.08 bits per heavy atom. The minimum atomic E-state index is -1.25. The predicted molar refractivity (Wildman–Crippen MR) is 194 cm³/mol. The number of rotatable bonds is 20. The molecular formula is C40H51N3O9. The van der Waals surface area contributed by atoms with E-state index in [-0.39, 0.29) is 50.4 Å². The Labute approximate surface area is 305 Å². The van der Waals surface area contributed by atoms with Gasteiger partial charge in [0.25, 0.3) is 5.91 Å². The van der Waals surface area contributed by atoms with Gasteiger partial charge in [0, 0.05) is 38.9 Å². The molecule has 12 nitrogen and oxygen atoms in total. The van der Waals surface area contributed by atoms with Crippen molar-refractivity contribution in [1.29, 1.82) is 0 Å². The first-order valence-corrected chi connectivity index (χ1v) is 18.0. The van der Waals surface area contributed by atoms with Crippen molar-refractivity contribution in [3.8, 4) is 5.75 Å². The van der Waals surface area contributed by atoms with Crippen molar-refractivity contribution in [3.63, 3.8) is 0 Å². The first-order valence-electron chi connectivity index (χ1n) is 18.0. The summed E-state index contributed by atoms with van der Waals surface area (Å²) in [5, 5.41) is 12.4. The summed E-state index contributed by atoms with van der Waals surface area (Å²) < 4.78 is 23.8. The maximum atomic E-state index is 14.8. The zero-order chi connectivity index (χ0) is 37.3. The smallest absolute Gasteiger partial charge is 0.313 e. The van der Waals surface area contributed by atoms with Gasteiger partial charge in [-0.3, -0.25) is 19.2 Å². The highest BCUT2D eigenvalue weighted by Crippen LogP contribution is 2.59. The van der Waals surface area contributed by atoms with Crippen molar-refractivity contribution in [2.24, 2.45) is 11.8 Å². The number of ether oxygens (including phenoxy) is 4. The van der Waals surface area contributed by atoms with E-state index in [1.807, 2.05) is 30.3 Å². The lowest BCUT2D eigenvalue weighted by Crippen LogP contribution is -2.56. The third-order valence-corrected chi connectivity index (χ3v) is 10.3. The Kier molecular flexibility index (Phi) is 13.3. The summed E-state index contributed by atoms with van der Waals surface area (Å²) in [7, 11) is 3.07. The fraction of sp³-hybridized carbons (Fsp3) is 0.500. The molecule has 3 amide bonds. The molecule has 0 saturated carbocycles. The van der Waals surface area contributed by atoms with Crippen LogP contribution in [0.15, 0.2) is 79.9 Å². The van der Waals surface area contributed by atoms with Crippen LogP contribution in [0.25, 0.3) is 0 Å². The maximum Gasteiger partial charge on any atom is 0.313 e. The first-order chi connectivity index (χ1) is 25.2. The van der Waals surface area contributed by atoms with Crippen LogP contribution in [0.5, 0.6) is 5.75 Å². The number of carbonyl (C=O) groups is 4. The number of unbranched alkanes of at least 4 members (excludes halogenated alkanes) is 2. The van der Waals surface area contributed by atoms with Crippen LogP contribution in [0.4, 0.5) is 5.69 Å². The number of anilines is 1. The molecule has 3 aliphatic heterocycles. The van der Waals surface area contributed by atoms with E-state index in [2.05, 4.69) is 18.5 Å². The average molecular weight is 718 g/mol. The number of fused-ring (bicyclic) bond motifs is 1. The molecule has 2 aromatic carbocycles. The van der Waals surface area contributed by atoms with Crippen LogP contribution in [-0.4, -0.2) is 98.0 Å². The molecule has 12 heteroatoms. The molecule has 2 N–H and O–H groups in total. The van der Waals surface area contributed by atoms with Gasteiger partial charge in [0.2, 0.25) is 11.8 Å².